The SMILES string of the molecule is CC1(C)C(/C=C/C=C/C=C2/N(CCCS(=O)(=O)O)c3ccc(S(=O)(=O)O)cc3C2(C)CCCCCC(=O)NCCCCCNC(=O)c2cccc(Oc3cc(CN)cc(C(F)(F)F)n3)c2)=[N+](CCCS(=O)(=O)O)c2ccc(S(=O)(=O)O)cc21. The fourth-order valence-electron chi connectivity index (χ4n) is 10.1. The van der Waals surface area contributed by atoms with Gasteiger partial charge in [0.05, 0.1) is 26.7 Å². The maximum absolute atomic E-state index is 13.4. The number of carbonyl (C=O) groups excluding carboxylic acids is 2. The van der Waals surface area contributed by atoms with Crippen LogP contribution in [-0.4, -0.2) is 117 Å². The number of nitrogens with two attached hydrogens (primary N) is 1. The molecule has 8 N–H and O–H groups in total. The quantitative estimate of drug-likeness (QED) is 0.0116. The summed E-state index contributed by atoms with van der Waals surface area (Å²) in [6.07, 6.45) is 7.95. The van der Waals surface area contributed by atoms with Crippen LogP contribution in [0.4, 0.5) is 24.5 Å². The van der Waals surface area contributed by atoms with Crippen LogP contribution < -0.4 is 26.0 Å². The molecule has 2 amide bonds. The van der Waals surface area contributed by atoms with Gasteiger partial charge in [0.2, 0.25) is 17.5 Å². The second-order valence-corrected chi connectivity index (χ2v) is 26.8. The number of hydrogen-bond donors (Lipinski definition) is 7. The summed E-state index contributed by atoms with van der Waals surface area (Å²) in [4.78, 5) is 30.4. The van der Waals surface area contributed by atoms with Gasteiger partial charge >= 0.3 is 6.18 Å². The van der Waals surface area contributed by atoms with Crippen molar-refractivity contribution in [2.75, 3.05) is 42.6 Å². The Hall–Kier alpha value is -6.37. The molecule has 0 saturated heterocycles. The molecule has 6 rings (SSSR count). The van der Waals surface area contributed by atoms with Crippen LogP contribution in [0.5, 0.6) is 11.6 Å². The van der Waals surface area contributed by atoms with Crippen LogP contribution in [0.25, 0.3) is 0 Å². The van der Waals surface area contributed by atoms with Gasteiger partial charge in [-0.3, -0.25) is 27.8 Å². The molecule has 28 heteroatoms. The number of fused-ring (bicyclic) bond motifs is 2. The van der Waals surface area contributed by atoms with Crippen molar-refractivity contribution in [2.45, 2.75) is 118 Å². The molecule has 83 heavy (non-hydrogen) atoms. The van der Waals surface area contributed by atoms with Crippen LogP contribution in [0.2, 0.25) is 0 Å². The molecule has 2 aliphatic rings. The highest BCUT2D eigenvalue weighted by Crippen LogP contribution is 2.51. The Morgan fingerprint density at radius 1 is 0.735 bits per heavy atom. The molecule has 2 aliphatic heterocycles. The lowest BCUT2D eigenvalue weighted by Gasteiger charge is -2.30. The maximum atomic E-state index is 13.4. The van der Waals surface area contributed by atoms with Crippen molar-refractivity contribution in [2.24, 2.45) is 5.73 Å². The standard InChI is InChI=1S/C55H67F3N6O15S4/c1-53(2)43-35-41(82(73,74)75)21-23-45(43)63(28-14-30-80(67,68)69)48(53)18-7-4-8-19-49-54(3,44-36-42(83(76,77)78)22-24-46(44)64(49)29-15-31-81(70,71)72)25-10-5-9-20-50(65)60-26-11-6-12-27-61-52(66)39-16-13-17-40(34-39)79-51-33-38(37-59)32-47(62-51)55(56,57)58/h4,7-8,13,16-19,21-24,32-36H,5-6,9-12,14-15,20,25-31,37,59H2,1-3H3,(H5-,60,61,65,66,67,68,69,70,71,72,73,74,75,76,77,78)/p+1. The highest BCUT2D eigenvalue weighted by atomic mass is 32.2. The van der Waals surface area contributed by atoms with Gasteiger partial charge in [0.1, 0.15) is 18.0 Å². The Morgan fingerprint density at radius 2 is 1.37 bits per heavy atom. The maximum Gasteiger partial charge on any atom is 0.433 e. The molecular formula is C55H68F3N6O15S4+. The largest absolute Gasteiger partial charge is 0.439 e. The number of carbonyl (C=O) groups is 2. The van der Waals surface area contributed by atoms with Gasteiger partial charge in [0.25, 0.3) is 46.4 Å². The van der Waals surface area contributed by atoms with Crippen LogP contribution in [0.1, 0.15) is 118 Å². The molecule has 0 radical (unpaired) electrons. The summed E-state index contributed by atoms with van der Waals surface area (Å²) in [5.74, 6) is -1.94. The fraction of sp³-hybridized carbons (Fsp3) is 0.418. The minimum atomic E-state index is -4.72. The first-order valence-electron chi connectivity index (χ1n) is 26.4. The van der Waals surface area contributed by atoms with Crippen molar-refractivity contribution in [3.8, 4) is 11.6 Å². The number of benzene rings is 3. The number of amides is 2. The number of nitrogens with one attached hydrogen (secondary N) is 2. The first-order chi connectivity index (χ1) is 38.7. The summed E-state index contributed by atoms with van der Waals surface area (Å²) in [6, 6.07) is 16.2. The molecule has 0 aliphatic carbocycles. The Balaban J connectivity index is 1.07. The molecule has 0 saturated carbocycles. The van der Waals surface area contributed by atoms with Gasteiger partial charge in [-0.05, 0) is 131 Å². The second kappa shape index (κ2) is 27.1. The van der Waals surface area contributed by atoms with E-state index in [1.807, 2.05) is 25.7 Å². The third kappa shape index (κ3) is 18.1. The molecular weight excluding hydrogens is 1170 g/mol. The zero-order valence-corrected chi connectivity index (χ0v) is 49.1. The molecule has 0 spiro atoms. The summed E-state index contributed by atoms with van der Waals surface area (Å²) < 4.78 is 182. The van der Waals surface area contributed by atoms with E-state index in [4.69, 9.17) is 10.5 Å². The van der Waals surface area contributed by atoms with E-state index in [1.165, 1.54) is 66.7 Å². The number of nitrogens with zero attached hydrogens (tertiary/aromatic N) is 3. The van der Waals surface area contributed by atoms with E-state index in [2.05, 4.69) is 15.6 Å². The normalized spacial score (nSPS) is 17.0. The zero-order chi connectivity index (χ0) is 61.2. The monoisotopic (exact) mass is 1240 g/mol. The third-order valence-corrected chi connectivity index (χ3v) is 17.5. The number of allylic oxidation sites excluding steroid dienone is 6. The topological polar surface area (TPSA) is 330 Å². The lowest BCUT2D eigenvalue weighted by molar-refractivity contribution is -0.437. The molecule has 3 aromatic carbocycles. The summed E-state index contributed by atoms with van der Waals surface area (Å²) in [5.41, 5.74) is 6.34. The lowest BCUT2D eigenvalue weighted by Crippen LogP contribution is -2.30. The van der Waals surface area contributed by atoms with Crippen molar-refractivity contribution in [1.29, 1.82) is 0 Å². The average Bonchev–Trinajstić information content (AvgIpc) is 2.09. The average molecular weight is 1240 g/mol. The Labute approximate surface area is 481 Å². The van der Waals surface area contributed by atoms with Crippen LogP contribution in [0.15, 0.2) is 119 Å². The number of pyridine rings is 1. The zero-order valence-electron chi connectivity index (χ0n) is 45.8. The third-order valence-electron chi connectivity index (χ3n) is 14.2. The molecule has 0 fully saturated rings. The smallest absolute Gasteiger partial charge is 0.433 e. The van der Waals surface area contributed by atoms with Crippen LogP contribution in [0, 0.1) is 0 Å². The number of rotatable bonds is 29. The molecule has 3 heterocycles. The van der Waals surface area contributed by atoms with E-state index < -0.39 is 80.6 Å². The lowest BCUT2D eigenvalue weighted by atomic mass is 9.77. The predicted molar refractivity (Wildman–Crippen MR) is 304 cm³/mol. The first-order valence-corrected chi connectivity index (χ1v) is 32.5. The van der Waals surface area contributed by atoms with E-state index in [0.717, 1.165) is 6.07 Å². The number of unbranched alkanes of at least 4 members (excludes halogenated alkanes) is 4. The first kappa shape index (κ1) is 65.8. The predicted octanol–water partition coefficient (Wildman–Crippen LogP) is 8.22. The van der Waals surface area contributed by atoms with Gasteiger partial charge < -0.3 is 26.0 Å². The second-order valence-electron chi connectivity index (χ2n) is 20.8. The van der Waals surface area contributed by atoms with Crippen LogP contribution >= 0.6 is 0 Å². The summed E-state index contributed by atoms with van der Waals surface area (Å²) in [6.45, 7) is 6.24. The van der Waals surface area contributed by atoms with Crippen molar-refractivity contribution < 1.29 is 84.0 Å². The van der Waals surface area contributed by atoms with Crippen molar-refractivity contribution in [3.63, 3.8) is 0 Å². The molecule has 1 unspecified atom stereocenters. The van der Waals surface area contributed by atoms with Gasteiger partial charge in [-0.15, -0.1) is 0 Å². The molecule has 1 atom stereocenters. The summed E-state index contributed by atoms with van der Waals surface area (Å²) >= 11 is 0. The van der Waals surface area contributed by atoms with E-state index in [-0.39, 0.29) is 77.4 Å². The Morgan fingerprint density at radius 3 is 2.02 bits per heavy atom. The Bertz CT molecular complexity index is 3660. The number of alkyl halides is 3. The number of hydrogen-bond acceptors (Lipinski definition) is 14. The van der Waals surface area contributed by atoms with Crippen LogP contribution in [0.3, 0.4) is 0 Å². The Kier molecular flexibility index (Phi) is 21.5. The van der Waals surface area contributed by atoms with Crippen molar-refractivity contribution in [3.05, 3.63) is 137 Å². The number of halogens is 3. The van der Waals surface area contributed by atoms with E-state index in [1.54, 1.807) is 35.0 Å². The van der Waals surface area contributed by atoms with Gasteiger partial charge in [-0.2, -0.15) is 51.4 Å². The highest BCUT2D eigenvalue weighted by Gasteiger charge is 2.46. The summed E-state index contributed by atoms with van der Waals surface area (Å²) in [7, 11) is -17.9. The molecule has 21 nitrogen and oxygen atoms in total. The van der Waals surface area contributed by atoms with Crippen LogP contribution in [-0.2, 0) is 68.8 Å². The number of ether oxygens (including phenoxy) is 1. The number of anilines is 1. The van der Waals surface area contributed by atoms with Gasteiger partial charge in [-0.1, -0.05) is 37.1 Å². The minimum Gasteiger partial charge on any atom is -0.439 e. The van der Waals surface area contributed by atoms with Crippen molar-refractivity contribution >= 4 is 69.4 Å². The highest BCUT2D eigenvalue weighted by molar-refractivity contribution is 7.86. The fourth-order valence-corrected chi connectivity index (χ4v) is 12.1. The van der Waals surface area contributed by atoms with E-state index >= 15 is 0 Å². The van der Waals surface area contributed by atoms with Crippen molar-refractivity contribution in [1.82, 2.24) is 15.6 Å². The minimum absolute atomic E-state index is 0.0109. The summed E-state index contributed by atoms with van der Waals surface area (Å²) in [5, 5.41) is 5.70. The molecule has 1 aromatic heterocycles. The van der Waals surface area contributed by atoms with E-state index in [9.17, 15) is 74.6 Å². The molecule has 0 bridgehead atoms. The van der Waals surface area contributed by atoms with Gasteiger partial charge in [0.15, 0.2) is 5.71 Å². The van der Waals surface area contributed by atoms with E-state index in [0.29, 0.717) is 91.9 Å². The van der Waals surface area contributed by atoms with Gasteiger partial charge in [-0.25, -0.2) is 4.98 Å². The molecule has 452 valence electrons. The molecule has 4 aromatic rings. The van der Waals surface area contributed by atoms with Gasteiger partial charge in [0, 0.05) is 85.2 Å². The number of aromatic nitrogens is 1.